The molecule has 1 aromatic carbocycles. The highest BCUT2D eigenvalue weighted by molar-refractivity contribution is 9.09. The Hall–Kier alpha value is -1.17. The summed E-state index contributed by atoms with van der Waals surface area (Å²) in [6, 6.07) is 5.79. The number of ether oxygens (including phenoxy) is 1. The Morgan fingerprint density at radius 1 is 1.32 bits per heavy atom. The molecule has 19 heavy (non-hydrogen) atoms. The molecule has 0 aromatic heterocycles. The number of carbonyl (C=O) groups is 1. The van der Waals surface area contributed by atoms with Crippen molar-refractivity contribution < 1.29 is 18.3 Å². The minimum atomic E-state index is -2.86. The molecule has 0 atom stereocenters. The molecule has 0 fully saturated rings. The highest BCUT2D eigenvalue weighted by Crippen LogP contribution is 2.17. The van der Waals surface area contributed by atoms with E-state index in [0.29, 0.717) is 17.4 Å². The molecular formula is C13H16BrF2NO2. The molecule has 0 radical (unpaired) electrons. The van der Waals surface area contributed by atoms with Crippen LogP contribution in [0.2, 0.25) is 0 Å². The molecule has 0 aliphatic carbocycles. The van der Waals surface area contributed by atoms with Gasteiger partial charge in [0.1, 0.15) is 5.75 Å². The van der Waals surface area contributed by atoms with E-state index in [1.165, 1.54) is 24.3 Å². The number of hydrogen-bond acceptors (Lipinski definition) is 2. The van der Waals surface area contributed by atoms with Crippen LogP contribution in [0.25, 0.3) is 0 Å². The first-order valence-corrected chi connectivity index (χ1v) is 6.99. The SMILES string of the molecule is CC(C)N(CCBr)C(=O)c1ccc(OC(F)F)cc1. The summed E-state index contributed by atoms with van der Waals surface area (Å²) in [5.41, 5.74) is 0.455. The van der Waals surface area contributed by atoms with Gasteiger partial charge in [-0.25, -0.2) is 0 Å². The lowest BCUT2D eigenvalue weighted by molar-refractivity contribution is -0.0498. The Morgan fingerprint density at radius 2 is 1.89 bits per heavy atom. The van der Waals surface area contributed by atoms with Crippen molar-refractivity contribution in [3.63, 3.8) is 0 Å². The van der Waals surface area contributed by atoms with Crippen LogP contribution < -0.4 is 4.74 Å². The van der Waals surface area contributed by atoms with Crippen LogP contribution in [-0.2, 0) is 0 Å². The Morgan fingerprint density at radius 3 is 2.32 bits per heavy atom. The molecule has 0 bridgehead atoms. The Bertz CT molecular complexity index is 410. The molecule has 0 unspecified atom stereocenters. The van der Waals surface area contributed by atoms with E-state index < -0.39 is 6.61 Å². The van der Waals surface area contributed by atoms with Crippen molar-refractivity contribution in [2.75, 3.05) is 11.9 Å². The number of hydrogen-bond donors (Lipinski definition) is 0. The number of rotatable bonds is 6. The van der Waals surface area contributed by atoms with Gasteiger partial charge >= 0.3 is 6.61 Å². The van der Waals surface area contributed by atoms with Crippen molar-refractivity contribution in [3.8, 4) is 5.75 Å². The Labute approximate surface area is 119 Å². The third kappa shape index (κ3) is 4.78. The van der Waals surface area contributed by atoms with Crippen molar-refractivity contribution in [1.29, 1.82) is 0 Å². The second kappa shape index (κ2) is 7.43. The van der Waals surface area contributed by atoms with Crippen molar-refractivity contribution in [2.24, 2.45) is 0 Å². The second-order valence-corrected chi connectivity index (χ2v) is 4.98. The van der Waals surface area contributed by atoms with Gasteiger partial charge in [0.15, 0.2) is 0 Å². The topological polar surface area (TPSA) is 29.5 Å². The monoisotopic (exact) mass is 335 g/mol. The zero-order chi connectivity index (χ0) is 14.4. The summed E-state index contributed by atoms with van der Waals surface area (Å²) in [6.45, 7) is 1.58. The summed E-state index contributed by atoms with van der Waals surface area (Å²) >= 11 is 3.30. The van der Waals surface area contributed by atoms with E-state index in [9.17, 15) is 13.6 Å². The van der Waals surface area contributed by atoms with E-state index in [1.54, 1.807) is 4.90 Å². The smallest absolute Gasteiger partial charge is 0.387 e. The minimum Gasteiger partial charge on any atom is -0.435 e. The van der Waals surface area contributed by atoms with Crippen LogP contribution >= 0.6 is 15.9 Å². The molecule has 0 aliphatic heterocycles. The molecule has 0 N–H and O–H groups in total. The van der Waals surface area contributed by atoms with Crippen LogP contribution in [0.4, 0.5) is 8.78 Å². The summed E-state index contributed by atoms with van der Waals surface area (Å²) in [6.07, 6.45) is 0. The van der Waals surface area contributed by atoms with Gasteiger partial charge in [-0.05, 0) is 38.1 Å². The van der Waals surface area contributed by atoms with Gasteiger partial charge in [0.25, 0.3) is 5.91 Å². The zero-order valence-corrected chi connectivity index (χ0v) is 12.4. The van der Waals surface area contributed by atoms with Gasteiger partial charge in [-0.3, -0.25) is 4.79 Å². The summed E-state index contributed by atoms with van der Waals surface area (Å²) < 4.78 is 28.3. The average Bonchev–Trinajstić information content (AvgIpc) is 2.35. The highest BCUT2D eigenvalue weighted by Gasteiger charge is 2.18. The van der Waals surface area contributed by atoms with Crippen LogP contribution in [0.1, 0.15) is 24.2 Å². The number of nitrogens with zero attached hydrogens (tertiary/aromatic N) is 1. The number of amides is 1. The molecule has 3 nitrogen and oxygen atoms in total. The zero-order valence-electron chi connectivity index (χ0n) is 10.8. The van der Waals surface area contributed by atoms with Crippen LogP contribution in [0.5, 0.6) is 5.75 Å². The molecule has 1 amide bonds. The lowest BCUT2D eigenvalue weighted by atomic mass is 10.1. The van der Waals surface area contributed by atoms with Crippen molar-refractivity contribution >= 4 is 21.8 Å². The van der Waals surface area contributed by atoms with Gasteiger partial charge in [-0.15, -0.1) is 0 Å². The molecule has 0 heterocycles. The maximum atomic E-state index is 12.2. The first-order chi connectivity index (χ1) is 8.95. The third-order valence-corrected chi connectivity index (χ3v) is 2.89. The average molecular weight is 336 g/mol. The van der Waals surface area contributed by atoms with Gasteiger partial charge in [0.2, 0.25) is 0 Å². The minimum absolute atomic E-state index is 0.0446. The van der Waals surface area contributed by atoms with Crippen LogP contribution in [0.15, 0.2) is 24.3 Å². The number of carbonyl (C=O) groups excluding carboxylic acids is 1. The van der Waals surface area contributed by atoms with Crippen molar-refractivity contribution in [1.82, 2.24) is 4.90 Å². The van der Waals surface area contributed by atoms with Gasteiger partial charge in [0, 0.05) is 23.5 Å². The molecule has 0 aliphatic rings. The second-order valence-electron chi connectivity index (χ2n) is 4.18. The fourth-order valence-corrected chi connectivity index (χ4v) is 2.01. The summed E-state index contributed by atoms with van der Waals surface area (Å²) in [7, 11) is 0. The van der Waals surface area contributed by atoms with Crippen LogP contribution in [-0.4, -0.2) is 35.3 Å². The normalized spacial score (nSPS) is 10.9. The maximum absolute atomic E-state index is 12.2. The predicted octanol–water partition coefficient (Wildman–Crippen LogP) is 3.53. The van der Waals surface area contributed by atoms with Crippen molar-refractivity contribution in [2.45, 2.75) is 26.5 Å². The van der Waals surface area contributed by atoms with Crippen LogP contribution in [0, 0.1) is 0 Å². The molecule has 0 saturated carbocycles. The van der Waals surface area contributed by atoms with E-state index in [-0.39, 0.29) is 17.7 Å². The van der Waals surface area contributed by atoms with Gasteiger partial charge in [-0.1, -0.05) is 15.9 Å². The number of benzene rings is 1. The molecule has 0 spiro atoms. The van der Waals surface area contributed by atoms with Gasteiger partial charge < -0.3 is 9.64 Å². The van der Waals surface area contributed by atoms with E-state index in [2.05, 4.69) is 20.7 Å². The fraction of sp³-hybridized carbons (Fsp3) is 0.462. The van der Waals surface area contributed by atoms with Crippen molar-refractivity contribution in [3.05, 3.63) is 29.8 Å². The Kier molecular flexibility index (Phi) is 6.21. The van der Waals surface area contributed by atoms with E-state index in [0.717, 1.165) is 0 Å². The largest absolute Gasteiger partial charge is 0.435 e. The first kappa shape index (κ1) is 15.9. The van der Waals surface area contributed by atoms with E-state index in [4.69, 9.17) is 0 Å². The fourth-order valence-electron chi connectivity index (χ4n) is 1.63. The molecule has 1 rings (SSSR count). The summed E-state index contributed by atoms with van der Waals surface area (Å²) in [5, 5.41) is 0.684. The molecular weight excluding hydrogens is 320 g/mol. The van der Waals surface area contributed by atoms with E-state index >= 15 is 0 Å². The molecule has 106 valence electrons. The predicted molar refractivity (Wildman–Crippen MR) is 73.0 cm³/mol. The third-order valence-electron chi connectivity index (χ3n) is 2.54. The van der Waals surface area contributed by atoms with E-state index in [1.807, 2.05) is 13.8 Å². The van der Waals surface area contributed by atoms with Crippen LogP contribution in [0.3, 0.4) is 0 Å². The lowest BCUT2D eigenvalue weighted by Gasteiger charge is -2.26. The molecule has 0 saturated heterocycles. The highest BCUT2D eigenvalue weighted by atomic mass is 79.9. The maximum Gasteiger partial charge on any atom is 0.387 e. The Balaban J connectivity index is 2.81. The lowest BCUT2D eigenvalue weighted by Crippen LogP contribution is -2.38. The summed E-state index contributed by atoms with van der Waals surface area (Å²) in [4.78, 5) is 13.9. The van der Waals surface area contributed by atoms with Gasteiger partial charge in [-0.2, -0.15) is 8.78 Å². The standard InChI is InChI=1S/C13H16BrF2NO2/c1-9(2)17(8-7-14)12(18)10-3-5-11(6-4-10)19-13(15)16/h3-6,9,13H,7-8H2,1-2H3. The summed E-state index contributed by atoms with van der Waals surface area (Å²) in [5.74, 6) is -0.0822. The molecule has 6 heteroatoms. The molecule has 1 aromatic rings. The number of halogens is 3. The number of alkyl halides is 3. The quantitative estimate of drug-likeness (QED) is 0.744. The van der Waals surface area contributed by atoms with Gasteiger partial charge in [0.05, 0.1) is 0 Å². The first-order valence-electron chi connectivity index (χ1n) is 5.87.